The van der Waals surface area contributed by atoms with Crippen LogP contribution in [0.3, 0.4) is 0 Å². The number of nitrogens with zero attached hydrogens (tertiary/aromatic N) is 1. The molecule has 2 aliphatic heterocycles. The van der Waals surface area contributed by atoms with Crippen molar-refractivity contribution in [3.8, 4) is 0 Å². The summed E-state index contributed by atoms with van der Waals surface area (Å²) < 4.78 is 37.0. The fourth-order valence-electron chi connectivity index (χ4n) is 5.61. The Kier molecular flexibility index (Phi) is 12.7. The van der Waals surface area contributed by atoms with Crippen molar-refractivity contribution >= 4 is 29.7 Å². The molecule has 2 aromatic carbocycles. The fraction of sp³-hybridized carbons (Fsp3) is 0.469. The lowest BCUT2D eigenvalue weighted by Gasteiger charge is -2.33. The number of fused-ring (bicyclic) bond motifs is 1. The molecule has 5 N–H and O–H groups in total. The van der Waals surface area contributed by atoms with Crippen LogP contribution < -0.4 is 16.4 Å². The quantitative estimate of drug-likeness (QED) is 0.301. The lowest BCUT2D eigenvalue weighted by molar-refractivity contribution is -0.192. The molecular formula is C32H39F3N4O7. The lowest BCUT2D eigenvalue weighted by Crippen LogP contribution is -2.58. The zero-order valence-electron chi connectivity index (χ0n) is 25.5. The summed E-state index contributed by atoms with van der Waals surface area (Å²) in [6, 6.07) is 16.5. The standard InChI is InChI=1S/C30H38N4O5.C2HF3O2/c1-3-24(31)28(36)33-27-22(18-39-19(2)35)14-15-23-16-17-25(34(23)30(27)38)29(37)32-26(20-10-6-4-7-11-20)21-12-8-5-9-13-21;3-2(4,5)1(6)7/h4-13,22-27H,3,14-18,31H2,1-2H3,(H,32,37)(H,33,36);(H,6,7)/t22-,23+,24+,25+,27+;/m1./s1. The second kappa shape index (κ2) is 16.2. The van der Waals surface area contributed by atoms with Gasteiger partial charge in [-0.1, -0.05) is 67.6 Å². The number of alkyl halides is 3. The van der Waals surface area contributed by atoms with E-state index >= 15 is 0 Å². The molecule has 0 spiro atoms. The molecule has 0 unspecified atom stereocenters. The summed E-state index contributed by atoms with van der Waals surface area (Å²) >= 11 is 0. The van der Waals surface area contributed by atoms with Gasteiger partial charge in [-0.25, -0.2) is 4.79 Å². The first-order chi connectivity index (χ1) is 21.7. The summed E-state index contributed by atoms with van der Waals surface area (Å²) in [7, 11) is 0. The van der Waals surface area contributed by atoms with E-state index in [-0.39, 0.29) is 30.5 Å². The number of hydrogen-bond acceptors (Lipinski definition) is 7. The molecule has 2 heterocycles. The van der Waals surface area contributed by atoms with Crippen LogP contribution in [0.5, 0.6) is 0 Å². The molecule has 11 nitrogen and oxygen atoms in total. The van der Waals surface area contributed by atoms with Gasteiger partial charge in [0.1, 0.15) is 12.1 Å². The topological polar surface area (TPSA) is 168 Å². The van der Waals surface area contributed by atoms with Gasteiger partial charge in [-0.05, 0) is 43.2 Å². The maximum Gasteiger partial charge on any atom is 0.490 e. The third-order valence-electron chi connectivity index (χ3n) is 8.04. The maximum atomic E-state index is 14.0. The molecule has 14 heteroatoms. The molecule has 2 fully saturated rings. The van der Waals surface area contributed by atoms with Gasteiger partial charge in [0.05, 0.1) is 18.7 Å². The van der Waals surface area contributed by atoms with Gasteiger partial charge in [0.15, 0.2) is 0 Å². The lowest BCUT2D eigenvalue weighted by atomic mass is 9.93. The highest BCUT2D eigenvalue weighted by molar-refractivity contribution is 5.94. The van der Waals surface area contributed by atoms with Crippen molar-refractivity contribution in [1.29, 1.82) is 0 Å². The molecule has 0 radical (unpaired) electrons. The van der Waals surface area contributed by atoms with Crippen LogP contribution >= 0.6 is 0 Å². The van der Waals surface area contributed by atoms with Crippen molar-refractivity contribution < 1.29 is 47.0 Å². The Morgan fingerprint density at radius 1 is 0.978 bits per heavy atom. The van der Waals surface area contributed by atoms with Crippen molar-refractivity contribution in [2.24, 2.45) is 11.7 Å². The Hall–Kier alpha value is -4.46. The van der Waals surface area contributed by atoms with Crippen LogP contribution in [0.25, 0.3) is 0 Å². The van der Waals surface area contributed by atoms with Crippen LogP contribution in [0.15, 0.2) is 60.7 Å². The van der Waals surface area contributed by atoms with E-state index in [4.69, 9.17) is 20.4 Å². The largest absolute Gasteiger partial charge is 0.490 e. The van der Waals surface area contributed by atoms with Crippen LogP contribution in [0.4, 0.5) is 13.2 Å². The number of hydrogen-bond donors (Lipinski definition) is 4. The summed E-state index contributed by atoms with van der Waals surface area (Å²) in [6.07, 6.45) is -2.24. The normalized spacial score (nSPS) is 21.6. The minimum Gasteiger partial charge on any atom is -0.475 e. The number of carbonyl (C=O) groups is 5. The van der Waals surface area contributed by atoms with Crippen molar-refractivity contribution in [2.45, 2.75) is 82.3 Å². The number of amides is 3. The number of carboxylic acid groups (broad SMARTS) is 1. The molecule has 46 heavy (non-hydrogen) atoms. The molecule has 3 amide bonds. The highest BCUT2D eigenvalue weighted by Crippen LogP contribution is 2.35. The van der Waals surface area contributed by atoms with Gasteiger partial charge in [-0.2, -0.15) is 13.2 Å². The smallest absolute Gasteiger partial charge is 0.475 e. The van der Waals surface area contributed by atoms with Crippen molar-refractivity contribution in [3.05, 3.63) is 71.8 Å². The van der Waals surface area contributed by atoms with E-state index in [1.807, 2.05) is 60.7 Å². The summed E-state index contributed by atoms with van der Waals surface area (Å²) in [5, 5.41) is 13.1. The number of nitrogens with one attached hydrogen (secondary N) is 2. The third-order valence-corrected chi connectivity index (χ3v) is 8.04. The van der Waals surface area contributed by atoms with Gasteiger partial charge in [0.2, 0.25) is 17.7 Å². The van der Waals surface area contributed by atoms with Crippen LogP contribution in [0.2, 0.25) is 0 Å². The fourth-order valence-corrected chi connectivity index (χ4v) is 5.61. The first-order valence-corrected chi connectivity index (χ1v) is 15.0. The van der Waals surface area contributed by atoms with E-state index in [2.05, 4.69) is 10.6 Å². The first-order valence-electron chi connectivity index (χ1n) is 15.0. The van der Waals surface area contributed by atoms with E-state index in [0.717, 1.165) is 11.1 Å². The zero-order chi connectivity index (χ0) is 34.0. The molecule has 4 rings (SSSR count). The Morgan fingerprint density at radius 3 is 1.98 bits per heavy atom. The Bertz CT molecular complexity index is 1320. The molecule has 0 aromatic heterocycles. The molecule has 2 saturated heterocycles. The van der Waals surface area contributed by atoms with E-state index < -0.39 is 48.1 Å². The molecule has 5 atom stereocenters. The van der Waals surface area contributed by atoms with Gasteiger partial charge in [-0.15, -0.1) is 0 Å². The Labute approximate surface area is 264 Å². The van der Waals surface area contributed by atoms with Crippen molar-refractivity contribution in [2.75, 3.05) is 6.61 Å². The summed E-state index contributed by atoms with van der Waals surface area (Å²) in [5.74, 6) is -4.63. The zero-order valence-corrected chi connectivity index (χ0v) is 25.5. The number of nitrogens with two attached hydrogens (primary N) is 1. The number of benzene rings is 2. The highest BCUT2D eigenvalue weighted by Gasteiger charge is 2.48. The predicted octanol–water partition coefficient (Wildman–Crippen LogP) is 3.08. The average Bonchev–Trinajstić information content (AvgIpc) is 3.41. The van der Waals surface area contributed by atoms with Crippen LogP contribution in [0.1, 0.15) is 63.1 Å². The van der Waals surface area contributed by atoms with Crippen molar-refractivity contribution in [3.63, 3.8) is 0 Å². The Balaban J connectivity index is 0.000000738. The predicted molar refractivity (Wildman–Crippen MR) is 160 cm³/mol. The first kappa shape index (κ1) is 36.0. The number of ether oxygens (including phenoxy) is 1. The molecular weight excluding hydrogens is 609 g/mol. The van der Waals surface area contributed by atoms with E-state index in [1.54, 1.807) is 11.8 Å². The van der Waals surface area contributed by atoms with E-state index in [0.29, 0.717) is 32.1 Å². The third kappa shape index (κ3) is 9.52. The average molecular weight is 649 g/mol. The molecule has 2 aliphatic rings. The number of esters is 1. The van der Waals surface area contributed by atoms with Crippen molar-refractivity contribution in [1.82, 2.24) is 15.5 Å². The van der Waals surface area contributed by atoms with Crippen LogP contribution in [-0.4, -0.2) is 76.6 Å². The second-order valence-electron chi connectivity index (χ2n) is 11.2. The van der Waals surface area contributed by atoms with Gasteiger partial charge < -0.3 is 31.1 Å². The molecule has 0 saturated carbocycles. The highest BCUT2D eigenvalue weighted by atomic mass is 19.4. The molecule has 2 aromatic rings. The number of carboxylic acids is 1. The van der Waals surface area contributed by atoms with E-state index in [9.17, 15) is 32.3 Å². The molecule has 250 valence electrons. The van der Waals surface area contributed by atoms with Crippen LogP contribution in [-0.2, 0) is 28.7 Å². The SMILES string of the molecule is CC[C@H](N)C(=O)N[C@@H]1C(=O)N2[C@@H](CC[C@@H]1COC(C)=O)CC[C@H]2C(=O)NC(c1ccccc1)c1ccccc1.O=C(O)C(F)(F)F. The summed E-state index contributed by atoms with van der Waals surface area (Å²) in [5.41, 5.74) is 7.82. The van der Waals surface area contributed by atoms with Gasteiger partial charge >= 0.3 is 18.1 Å². The van der Waals surface area contributed by atoms with E-state index in [1.165, 1.54) is 6.92 Å². The number of carbonyl (C=O) groups excluding carboxylic acids is 4. The maximum absolute atomic E-state index is 14.0. The van der Waals surface area contributed by atoms with Gasteiger partial charge in [0, 0.05) is 18.9 Å². The summed E-state index contributed by atoms with van der Waals surface area (Å²) in [4.78, 5) is 62.7. The summed E-state index contributed by atoms with van der Waals surface area (Å²) in [6.45, 7) is 3.12. The van der Waals surface area contributed by atoms with Gasteiger partial charge in [-0.3, -0.25) is 19.2 Å². The second-order valence-corrected chi connectivity index (χ2v) is 11.2. The monoisotopic (exact) mass is 648 g/mol. The van der Waals surface area contributed by atoms with Crippen LogP contribution in [0, 0.1) is 5.92 Å². The molecule has 0 aliphatic carbocycles. The minimum absolute atomic E-state index is 0.00882. The van der Waals surface area contributed by atoms with Gasteiger partial charge in [0.25, 0.3) is 0 Å². The Morgan fingerprint density at radius 2 is 1.50 bits per heavy atom. The number of halogens is 3. The minimum atomic E-state index is -5.08. The number of rotatable bonds is 9. The number of aliphatic carboxylic acids is 1. The molecule has 0 bridgehead atoms.